The highest BCUT2D eigenvalue weighted by Crippen LogP contribution is 2.26. The summed E-state index contributed by atoms with van der Waals surface area (Å²) in [7, 11) is -0.347. The Hall–Kier alpha value is -2.06. The molecule has 114 valence electrons. The molecule has 7 nitrogen and oxygen atoms in total. The second-order valence-corrected chi connectivity index (χ2v) is 6.46. The van der Waals surface area contributed by atoms with Gasteiger partial charge >= 0.3 is 0 Å². The second kappa shape index (κ2) is 5.74. The number of benzene rings is 1. The molecule has 1 heterocycles. The van der Waals surface area contributed by atoms with Crippen LogP contribution in [0.3, 0.4) is 0 Å². The molecule has 0 aliphatic heterocycles. The summed E-state index contributed by atoms with van der Waals surface area (Å²) in [5.41, 5.74) is 8.55. The van der Waals surface area contributed by atoms with E-state index in [9.17, 15) is 8.42 Å². The highest BCUT2D eigenvalue weighted by atomic mass is 32.2. The fraction of sp³-hybridized carbons (Fsp3) is 0.308. The average Bonchev–Trinajstić information content (AvgIpc) is 2.78. The minimum absolute atomic E-state index is 0.0671. The van der Waals surface area contributed by atoms with E-state index in [-0.39, 0.29) is 10.6 Å². The van der Waals surface area contributed by atoms with Crippen LogP contribution in [-0.4, -0.2) is 25.2 Å². The van der Waals surface area contributed by atoms with Crippen LogP contribution >= 0.6 is 0 Å². The van der Waals surface area contributed by atoms with E-state index in [2.05, 4.69) is 15.1 Å². The lowest BCUT2D eigenvalue weighted by Crippen LogP contribution is -2.19. The molecule has 1 aromatic heterocycles. The molecule has 1 aromatic carbocycles. The number of nitrogens with zero attached hydrogens (tertiary/aromatic N) is 2. The number of nitrogens with two attached hydrogens (primary N) is 1. The maximum absolute atomic E-state index is 11.8. The van der Waals surface area contributed by atoms with Gasteiger partial charge in [-0.15, -0.1) is 0 Å². The van der Waals surface area contributed by atoms with Gasteiger partial charge in [-0.3, -0.25) is 4.68 Å². The normalized spacial score (nSPS) is 11.6. The Morgan fingerprint density at radius 2 is 2.10 bits per heavy atom. The standard InChI is InChI=1S/C13H19N5O2S/c1-4-11-12(8-18(3)17-11)16-9-5-6-13(10(14)7-9)21(19,20)15-2/h5-8,15-16H,4,14H2,1-3H3. The number of hydrogen-bond donors (Lipinski definition) is 3. The van der Waals surface area contributed by atoms with Gasteiger partial charge in [0, 0.05) is 18.9 Å². The molecule has 2 aromatic rings. The molecule has 0 saturated carbocycles. The third kappa shape index (κ3) is 3.17. The summed E-state index contributed by atoms with van der Waals surface area (Å²) in [4.78, 5) is 0.0671. The van der Waals surface area contributed by atoms with Gasteiger partial charge in [-0.25, -0.2) is 13.1 Å². The van der Waals surface area contributed by atoms with Crippen LogP contribution in [0.15, 0.2) is 29.3 Å². The summed E-state index contributed by atoms with van der Waals surface area (Å²) >= 11 is 0. The largest absolute Gasteiger partial charge is 0.398 e. The zero-order valence-corrected chi connectivity index (χ0v) is 13.0. The van der Waals surface area contributed by atoms with Crippen LogP contribution in [-0.2, 0) is 23.5 Å². The highest BCUT2D eigenvalue weighted by molar-refractivity contribution is 7.89. The van der Waals surface area contributed by atoms with Gasteiger partial charge in [0.05, 0.1) is 17.1 Å². The molecular weight excluding hydrogens is 290 g/mol. The molecule has 21 heavy (non-hydrogen) atoms. The summed E-state index contributed by atoms with van der Waals surface area (Å²) in [6, 6.07) is 4.75. The number of anilines is 3. The lowest BCUT2D eigenvalue weighted by atomic mass is 10.2. The van der Waals surface area contributed by atoms with Crippen molar-refractivity contribution >= 4 is 27.1 Å². The molecule has 0 fully saturated rings. The Labute approximate surface area is 124 Å². The van der Waals surface area contributed by atoms with Crippen LogP contribution in [0, 0.1) is 0 Å². The number of rotatable bonds is 5. The second-order valence-electron chi connectivity index (χ2n) is 4.60. The zero-order valence-electron chi connectivity index (χ0n) is 12.2. The van der Waals surface area contributed by atoms with Gasteiger partial charge in [0.2, 0.25) is 10.0 Å². The van der Waals surface area contributed by atoms with Crippen molar-refractivity contribution < 1.29 is 8.42 Å². The van der Waals surface area contributed by atoms with E-state index >= 15 is 0 Å². The van der Waals surface area contributed by atoms with Crippen molar-refractivity contribution in [3.63, 3.8) is 0 Å². The number of aromatic nitrogens is 2. The average molecular weight is 309 g/mol. The van der Waals surface area contributed by atoms with Crippen LogP contribution in [0.1, 0.15) is 12.6 Å². The van der Waals surface area contributed by atoms with Crippen molar-refractivity contribution in [3.05, 3.63) is 30.1 Å². The Balaban J connectivity index is 2.33. The molecule has 0 spiro atoms. The lowest BCUT2D eigenvalue weighted by Gasteiger charge is -2.10. The van der Waals surface area contributed by atoms with Crippen molar-refractivity contribution in [1.82, 2.24) is 14.5 Å². The fourth-order valence-electron chi connectivity index (χ4n) is 2.04. The van der Waals surface area contributed by atoms with Gasteiger partial charge in [0.1, 0.15) is 4.90 Å². The molecular formula is C13H19N5O2S. The van der Waals surface area contributed by atoms with Gasteiger partial charge in [0.15, 0.2) is 0 Å². The molecule has 0 bridgehead atoms. The molecule has 8 heteroatoms. The molecule has 0 aliphatic carbocycles. The molecule has 0 atom stereocenters. The molecule has 4 N–H and O–H groups in total. The Kier molecular flexibility index (Phi) is 4.19. The topological polar surface area (TPSA) is 102 Å². The van der Waals surface area contributed by atoms with E-state index in [0.717, 1.165) is 17.8 Å². The van der Waals surface area contributed by atoms with Gasteiger partial charge in [0.25, 0.3) is 0 Å². The predicted octanol–water partition coefficient (Wildman–Crippen LogP) is 1.22. The quantitative estimate of drug-likeness (QED) is 0.721. The molecule has 0 saturated heterocycles. The van der Waals surface area contributed by atoms with Crippen LogP contribution < -0.4 is 15.8 Å². The van der Waals surface area contributed by atoms with E-state index in [1.165, 1.54) is 13.1 Å². The van der Waals surface area contributed by atoms with E-state index in [1.807, 2.05) is 20.2 Å². The third-order valence-electron chi connectivity index (χ3n) is 3.09. The molecule has 0 unspecified atom stereocenters. The van der Waals surface area contributed by atoms with Crippen LogP contribution in [0.25, 0.3) is 0 Å². The maximum atomic E-state index is 11.8. The Bertz CT molecular complexity index is 752. The fourth-order valence-corrected chi connectivity index (χ4v) is 2.87. The number of aryl methyl sites for hydroxylation is 2. The molecule has 0 aliphatic rings. The monoisotopic (exact) mass is 309 g/mol. The van der Waals surface area contributed by atoms with Crippen molar-refractivity contribution in [2.75, 3.05) is 18.1 Å². The summed E-state index contributed by atoms with van der Waals surface area (Å²) in [6.45, 7) is 2.02. The predicted molar refractivity (Wildman–Crippen MR) is 83.0 cm³/mol. The minimum Gasteiger partial charge on any atom is -0.398 e. The first kappa shape index (κ1) is 15.3. The number of nitrogen functional groups attached to an aromatic ring is 1. The maximum Gasteiger partial charge on any atom is 0.242 e. The van der Waals surface area contributed by atoms with E-state index in [0.29, 0.717) is 5.69 Å². The first-order chi connectivity index (χ1) is 9.87. The molecule has 0 radical (unpaired) electrons. The first-order valence-corrected chi connectivity index (χ1v) is 7.98. The summed E-state index contributed by atoms with van der Waals surface area (Å²) < 4.78 is 27.5. The van der Waals surface area contributed by atoms with E-state index in [1.54, 1.807) is 16.8 Å². The number of hydrogen-bond acceptors (Lipinski definition) is 5. The SMILES string of the molecule is CCc1nn(C)cc1Nc1ccc(S(=O)(=O)NC)c(N)c1. The van der Waals surface area contributed by atoms with Crippen molar-refractivity contribution in [1.29, 1.82) is 0 Å². The summed E-state index contributed by atoms with van der Waals surface area (Å²) in [5, 5.41) is 7.54. The van der Waals surface area contributed by atoms with E-state index < -0.39 is 10.0 Å². The molecule has 2 rings (SSSR count). The molecule has 0 amide bonds. The van der Waals surface area contributed by atoms with Crippen molar-refractivity contribution in [2.24, 2.45) is 7.05 Å². The van der Waals surface area contributed by atoms with Gasteiger partial charge in [-0.2, -0.15) is 5.10 Å². The Morgan fingerprint density at radius 1 is 1.38 bits per heavy atom. The summed E-state index contributed by atoms with van der Waals surface area (Å²) in [5.74, 6) is 0. The minimum atomic E-state index is -3.55. The van der Waals surface area contributed by atoms with Crippen LogP contribution in [0.2, 0.25) is 0 Å². The smallest absolute Gasteiger partial charge is 0.242 e. The Morgan fingerprint density at radius 3 is 2.67 bits per heavy atom. The third-order valence-corrected chi connectivity index (χ3v) is 4.58. The van der Waals surface area contributed by atoms with E-state index in [4.69, 9.17) is 5.73 Å². The van der Waals surface area contributed by atoms with Gasteiger partial charge in [-0.05, 0) is 31.7 Å². The van der Waals surface area contributed by atoms with Gasteiger partial charge < -0.3 is 11.1 Å². The van der Waals surface area contributed by atoms with Crippen LogP contribution in [0.4, 0.5) is 17.1 Å². The highest BCUT2D eigenvalue weighted by Gasteiger charge is 2.15. The van der Waals surface area contributed by atoms with Crippen LogP contribution in [0.5, 0.6) is 0 Å². The number of sulfonamides is 1. The number of nitrogens with one attached hydrogen (secondary N) is 2. The summed E-state index contributed by atoms with van der Waals surface area (Å²) in [6.07, 6.45) is 2.66. The van der Waals surface area contributed by atoms with Crippen molar-refractivity contribution in [2.45, 2.75) is 18.2 Å². The van der Waals surface area contributed by atoms with Gasteiger partial charge in [-0.1, -0.05) is 6.92 Å². The van der Waals surface area contributed by atoms with Crippen molar-refractivity contribution in [3.8, 4) is 0 Å². The lowest BCUT2D eigenvalue weighted by molar-refractivity contribution is 0.588. The zero-order chi connectivity index (χ0) is 15.6. The first-order valence-electron chi connectivity index (χ1n) is 6.50.